The quantitative estimate of drug-likeness (QED) is 0.768. The van der Waals surface area contributed by atoms with Gasteiger partial charge in [-0.2, -0.15) is 0 Å². The highest BCUT2D eigenvalue weighted by Gasteiger charge is 2.15. The van der Waals surface area contributed by atoms with Crippen molar-refractivity contribution in [2.75, 3.05) is 11.9 Å². The number of carbonyl (C=O) groups is 1. The molecule has 22 heavy (non-hydrogen) atoms. The molecule has 0 aliphatic carbocycles. The number of aromatic nitrogens is 1. The van der Waals surface area contributed by atoms with Crippen molar-refractivity contribution in [2.45, 2.75) is 25.4 Å². The van der Waals surface area contributed by atoms with Crippen LogP contribution in [0.5, 0.6) is 0 Å². The van der Waals surface area contributed by atoms with Gasteiger partial charge in [-0.3, -0.25) is 4.98 Å². The van der Waals surface area contributed by atoms with Crippen molar-refractivity contribution in [2.24, 2.45) is 0 Å². The van der Waals surface area contributed by atoms with Crippen LogP contribution in [0.25, 0.3) is 0 Å². The molecular weight excluding hydrogens is 278 g/mol. The molecule has 0 saturated carbocycles. The van der Waals surface area contributed by atoms with Gasteiger partial charge >= 0.3 is 6.03 Å². The second kappa shape index (κ2) is 8.14. The summed E-state index contributed by atoms with van der Waals surface area (Å²) in [7, 11) is 0. The van der Waals surface area contributed by atoms with Gasteiger partial charge in [-0.25, -0.2) is 4.79 Å². The summed E-state index contributed by atoms with van der Waals surface area (Å²) in [6.45, 7) is 2.22. The number of rotatable bonds is 6. The molecule has 2 rings (SSSR count). The normalized spacial score (nSPS) is 13.2. The SMILES string of the molecule is CC(O)CC(CNC(=O)Nc1ccncc1)c1ccccc1. The fourth-order valence-corrected chi connectivity index (χ4v) is 2.30. The van der Waals surface area contributed by atoms with E-state index in [9.17, 15) is 9.90 Å². The van der Waals surface area contributed by atoms with Gasteiger partial charge < -0.3 is 15.7 Å². The average molecular weight is 299 g/mol. The zero-order chi connectivity index (χ0) is 15.8. The lowest BCUT2D eigenvalue weighted by molar-refractivity contribution is 0.173. The number of anilines is 1. The molecule has 2 atom stereocenters. The van der Waals surface area contributed by atoms with E-state index in [1.807, 2.05) is 30.3 Å². The van der Waals surface area contributed by atoms with Crippen molar-refractivity contribution in [1.82, 2.24) is 10.3 Å². The van der Waals surface area contributed by atoms with E-state index in [-0.39, 0.29) is 11.9 Å². The van der Waals surface area contributed by atoms with E-state index in [1.54, 1.807) is 31.5 Å². The number of hydrogen-bond acceptors (Lipinski definition) is 3. The second-order valence-electron chi connectivity index (χ2n) is 5.26. The summed E-state index contributed by atoms with van der Waals surface area (Å²) in [6.07, 6.45) is 3.42. The summed E-state index contributed by atoms with van der Waals surface area (Å²) in [4.78, 5) is 15.8. The molecule has 3 N–H and O–H groups in total. The maximum absolute atomic E-state index is 11.9. The van der Waals surface area contributed by atoms with Gasteiger partial charge in [0.15, 0.2) is 0 Å². The Kier molecular flexibility index (Phi) is 5.91. The van der Waals surface area contributed by atoms with Crippen LogP contribution in [0.15, 0.2) is 54.9 Å². The smallest absolute Gasteiger partial charge is 0.319 e. The number of urea groups is 1. The minimum Gasteiger partial charge on any atom is -0.393 e. The molecule has 0 bridgehead atoms. The van der Waals surface area contributed by atoms with E-state index < -0.39 is 6.10 Å². The zero-order valence-electron chi connectivity index (χ0n) is 12.6. The molecule has 1 aromatic heterocycles. The minimum absolute atomic E-state index is 0.0735. The number of amides is 2. The summed E-state index contributed by atoms with van der Waals surface area (Å²) in [5, 5.41) is 15.3. The van der Waals surface area contributed by atoms with Gasteiger partial charge in [0.25, 0.3) is 0 Å². The first-order valence-corrected chi connectivity index (χ1v) is 7.33. The molecule has 2 amide bonds. The van der Waals surface area contributed by atoms with Crippen LogP contribution in [-0.4, -0.2) is 28.8 Å². The van der Waals surface area contributed by atoms with Crippen molar-refractivity contribution in [1.29, 1.82) is 0 Å². The maximum Gasteiger partial charge on any atom is 0.319 e. The predicted molar refractivity (Wildman–Crippen MR) is 86.7 cm³/mol. The van der Waals surface area contributed by atoms with Crippen LogP contribution in [0.2, 0.25) is 0 Å². The fourth-order valence-electron chi connectivity index (χ4n) is 2.30. The van der Waals surface area contributed by atoms with Crippen LogP contribution in [0.4, 0.5) is 10.5 Å². The molecule has 0 fully saturated rings. The lowest BCUT2D eigenvalue weighted by atomic mass is 9.93. The number of nitrogens with zero attached hydrogens (tertiary/aromatic N) is 1. The Hall–Kier alpha value is -2.40. The first-order chi connectivity index (χ1) is 10.6. The predicted octanol–water partition coefficient (Wildman–Crippen LogP) is 2.76. The van der Waals surface area contributed by atoms with Crippen molar-refractivity contribution in [3.8, 4) is 0 Å². The summed E-state index contributed by atoms with van der Waals surface area (Å²) in [5.41, 5.74) is 1.80. The third kappa shape index (κ3) is 5.18. The van der Waals surface area contributed by atoms with Crippen LogP contribution in [-0.2, 0) is 0 Å². The number of carbonyl (C=O) groups excluding carboxylic acids is 1. The molecule has 2 aromatic rings. The van der Waals surface area contributed by atoms with Crippen LogP contribution in [0.3, 0.4) is 0 Å². The summed E-state index contributed by atoms with van der Waals surface area (Å²) in [5.74, 6) is 0.0735. The number of aliphatic hydroxyl groups excluding tert-OH is 1. The first-order valence-electron chi connectivity index (χ1n) is 7.33. The number of pyridine rings is 1. The Morgan fingerprint density at radius 1 is 1.18 bits per heavy atom. The van der Waals surface area contributed by atoms with Crippen LogP contribution in [0.1, 0.15) is 24.8 Å². The van der Waals surface area contributed by atoms with Gasteiger partial charge in [0, 0.05) is 30.5 Å². The van der Waals surface area contributed by atoms with Gasteiger partial charge in [0.05, 0.1) is 6.10 Å². The number of nitrogens with one attached hydrogen (secondary N) is 2. The molecule has 1 heterocycles. The highest BCUT2D eigenvalue weighted by atomic mass is 16.3. The standard InChI is InChI=1S/C17H21N3O2/c1-13(21)11-15(14-5-3-2-4-6-14)12-19-17(22)20-16-7-9-18-10-8-16/h2-10,13,15,21H,11-12H2,1H3,(H2,18,19,20,22). The topological polar surface area (TPSA) is 74.2 Å². The highest BCUT2D eigenvalue weighted by molar-refractivity contribution is 5.89. The van der Waals surface area contributed by atoms with Gasteiger partial charge in [-0.15, -0.1) is 0 Å². The van der Waals surface area contributed by atoms with Crippen molar-refractivity contribution in [3.05, 3.63) is 60.4 Å². The van der Waals surface area contributed by atoms with E-state index in [2.05, 4.69) is 15.6 Å². The van der Waals surface area contributed by atoms with Gasteiger partial charge in [0.2, 0.25) is 0 Å². The lowest BCUT2D eigenvalue weighted by Crippen LogP contribution is -2.33. The molecule has 2 unspecified atom stereocenters. The minimum atomic E-state index is -0.421. The molecule has 116 valence electrons. The summed E-state index contributed by atoms with van der Waals surface area (Å²) >= 11 is 0. The number of hydrogen-bond donors (Lipinski definition) is 3. The monoisotopic (exact) mass is 299 g/mol. The van der Waals surface area contributed by atoms with Gasteiger partial charge in [-0.1, -0.05) is 30.3 Å². The first kappa shape index (κ1) is 16.0. The molecule has 1 aromatic carbocycles. The second-order valence-corrected chi connectivity index (χ2v) is 5.26. The Labute approximate surface area is 130 Å². The van der Waals surface area contributed by atoms with Crippen molar-refractivity contribution < 1.29 is 9.90 Å². The molecule has 5 heteroatoms. The fraction of sp³-hybridized carbons (Fsp3) is 0.294. The molecule has 5 nitrogen and oxygen atoms in total. The van der Waals surface area contributed by atoms with E-state index >= 15 is 0 Å². The summed E-state index contributed by atoms with van der Waals surface area (Å²) in [6, 6.07) is 13.1. The molecule has 0 radical (unpaired) electrons. The van der Waals surface area contributed by atoms with Crippen LogP contribution in [0, 0.1) is 0 Å². The van der Waals surface area contributed by atoms with Crippen LogP contribution >= 0.6 is 0 Å². The van der Waals surface area contributed by atoms with Gasteiger partial charge in [-0.05, 0) is 31.0 Å². The van der Waals surface area contributed by atoms with Crippen LogP contribution < -0.4 is 10.6 Å². The molecule has 0 saturated heterocycles. The Bertz CT molecular complexity index is 573. The largest absolute Gasteiger partial charge is 0.393 e. The zero-order valence-corrected chi connectivity index (χ0v) is 12.6. The van der Waals surface area contributed by atoms with Crippen molar-refractivity contribution >= 4 is 11.7 Å². The Morgan fingerprint density at radius 2 is 1.86 bits per heavy atom. The maximum atomic E-state index is 11.9. The van der Waals surface area contributed by atoms with Gasteiger partial charge in [0.1, 0.15) is 0 Å². The molecular formula is C17H21N3O2. The highest BCUT2D eigenvalue weighted by Crippen LogP contribution is 2.20. The molecule has 0 spiro atoms. The Balaban J connectivity index is 1.92. The molecule has 0 aliphatic rings. The third-order valence-corrected chi connectivity index (χ3v) is 3.34. The van der Waals surface area contributed by atoms with E-state index in [1.165, 1.54) is 0 Å². The average Bonchev–Trinajstić information content (AvgIpc) is 2.53. The van der Waals surface area contributed by atoms with E-state index in [4.69, 9.17) is 0 Å². The number of aliphatic hydroxyl groups is 1. The third-order valence-electron chi connectivity index (χ3n) is 3.34. The van der Waals surface area contributed by atoms with E-state index in [0.29, 0.717) is 18.7 Å². The lowest BCUT2D eigenvalue weighted by Gasteiger charge is -2.19. The Morgan fingerprint density at radius 3 is 2.50 bits per heavy atom. The summed E-state index contributed by atoms with van der Waals surface area (Å²) < 4.78 is 0. The van der Waals surface area contributed by atoms with E-state index in [0.717, 1.165) is 5.56 Å². The van der Waals surface area contributed by atoms with Crippen molar-refractivity contribution in [3.63, 3.8) is 0 Å². The number of benzene rings is 1. The molecule has 0 aliphatic heterocycles.